The van der Waals surface area contributed by atoms with E-state index in [-0.39, 0.29) is 0 Å². The molecule has 0 radical (unpaired) electrons. The van der Waals surface area contributed by atoms with E-state index in [9.17, 15) is 0 Å². The number of rotatable bonds is 6. The van der Waals surface area contributed by atoms with Crippen molar-refractivity contribution >= 4 is 16.3 Å². The van der Waals surface area contributed by atoms with E-state index in [1.807, 2.05) is 11.6 Å². The number of aromatic nitrogens is 2. The van der Waals surface area contributed by atoms with Crippen molar-refractivity contribution < 1.29 is 9.47 Å². The van der Waals surface area contributed by atoms with Crippen LogP contribution >= 0.6 is 11.3 Å². The van der Waals surface area contributed by atoms with Crippen LogP contribution in [0.25, 0.3) is 4.96 Å². The third-order valence-corrected chi connectivity index (χ3v) is 4.23. The van der Waals surface area contributed by atoms with Crippen LogP contribution in [0, 0.1) is 0 Å². The van der Waals surface area contributed by atoms with E-state index in [0.717, 1.165) is 42.7 Å². The fraction of sp³-hybridized carbons (Fsp3) is 0.615. The van der Waals surface area contributed by atoms with Gasteiger partial charge in [-0.2, -0.15) is 4.98 Å². The van der Waals surface area contributed by atoms with Crippen LogP contribution in [0.15, 0.2) is 11.6 Å². The molecule has 5 nitrogen and oxygen atoms in total. The van der Waals surface area contributed by atoms with E-state index in [1.54, 1.807) is 18.4 Å². The number of fused-ring (bicyclic) bond motifs is 1. The molecule has 6 heteroatoms. The van der Waals surface area contributed by atoms with E-state index < -0.39 is 0 Å². The summed E-state index contributed by atoms with van der Waals surface area (Å²) in [5.74, 6) is 0.719. The van der Waals surface area contributed by atoms with Gasteiger partial charge >= 0.3 is 0 Å². The fourth-order valence-corrected chi connectivity index (χ4v) is 3.20. The summed E-state index contributed by atoms with van der Waals surface area (Å²) in [6.45, 7) is 2.66. The van der Waals surface area contributed by atoms with Crippen LogP contribution in [0.2, 0.25) is 0 Å². The van der Waals surface area contributed by atoms with Crippen molar-refractivity contribution in [3.8, 4) is 5.88 Å². The maximum absolute atomic E-state index is 5.61. The first-order valence-electron chi connectivity index (χ1n) is 6.69. The zero-order valence-corrected chi connectivity index (χ0v) is 11.9. The Morgan fingerprint density at radius 3 is 3.37 bits per heavy atom. The standard InChI is InChI=1S/C13H19N3O2S/c1-17-12-11(16-6-8-19-13(16)15-12)9-14-5-4-10-3-2-7-18-10/h6,8,10,14H,2-5,7,9H2,1H3. The minimum Gasteiger partial charge on any atom is -0.480 e. The summed E-state index contributed by atoms with van der Waals surface area (Å²) in [4.78, 5) is 5.42. The smallest absolute Gasteiger partial charge is 0.237 e. The third kappa shape index (κ3) is 2.75. The SMILES string of the molecule is COc1nc2sccn2c1CNCCC1CCCO1. The lowest BCUT2D eigenvalue weighted by Gasteiger charge is -2.10. The average Bonchev–Trinajstić information content (AvgIpc) is 3.12. The van der Waals surface area contributed by atoms with Crippen LogP contribution in [-0.2, 0) is 11.3 Å². The lowest BCUT2D eigenvalue weighted by molar-refractivity contribution is 0.104. The lowest BCUT2D eigenvalue weighted by atomic mass is 10.2. The molecule has 1 N–H and O–H groups in total. The highest BCUT2D eigenvalue weighted by Crippen LogP contribution is 2.22. The fourth-order valence-electron chi connectivity index (χ4n) is 2.48. The van der Waals surface area contributed by atoms with Gasteiger partial charge in [-0.25, -0.2) is 0 Å². The highest BCUT2D eigenvalue weighted by atomic mass is 32.1. The van der Waals surface area contributed by atoms with Crippen LogP contribution in [0.5, 0.6) is 5.88 Å². The predicted molar refractivity (Wildman–Crippen MR) is 74.9 cm³/mol. The van der Waals surface area contributed by atoms with Gasteiger partial charge in [-0.05, 0) is 25.8 Å². The molecule has 1 unspecified atom stereocenters. The molecule has 104 valence electrons. The Morgan fingerprint density at radius 1 is 1.63 bits per heavy atom. The van der Waals surface area contributed by atoms with Crippen molar-refractivity contribution in [2.24, 2.45) is 0 Å². The van der Waals surface area contributed by atoms with Gasteiger partial charge < -0.3 is 14.8 Å². The summed E-state index contributed by atoms with van der Waals surface area (Å²) >= 11 is 1.62. The maximum atomic E-state index is 5.61. The van der Waals surface area contributed by atoms with Crippen LogP contribution in [0.1, 0.15) is 25.0 Å². The van der Waals surface area contributed by atoms with Crippen molar-refractivity contribution in [3.63, 3.8) is 0 Å². The van der Waals surface area contributed by atoms with E-state index >= 15 is 0 Å². The van der Waals surface area contributed by atoms with Gasteiger partial charge in [-0.1, -0.05) is 0 Å². The van der Waals surface area contributed by atoms with Crippen LogP contribution < -0.4 is 10.1 Å². The minimum absolute atomic E-state index is 0.445. The highest BCUT2D eigenvalue weighted by Gasteiger charge is 2.16. The summed E-state index contributed by atoms with van der Waals surface area (Å²) < 4.78 is 13.0. The van der Waals surface area contributed by atoms with E-state index in [0.29, 0.717) is 6.10 Å². The molecule has 19 heavy (non-hydrogen) atoms. The van der Waals surface area contributed by atoms with Crippen molar-refractivity contribution in [1.82, 2.24) is 14.7 Å². The normalized spacial score (nSPS) is 19.3. The van der Waals surface area contributed by atoms with Gasteiger partial charge in [0.2, 0.25) is 5.88 Å². The van der Waals surface area contributed by atoms with Crippen molar-refractivity contribution in [2.45, 2.75) is 31.9 Å². The van der Waals surface area contributed by atoms with Crippen molar-refractivity contribution in [2.75, 3.05) is 20.3 Å². The Morgan fingerprint density at radius 2 is 2.58 bits per heavy atom. The zero-order chi connectivity index (χ0) is 13.1. The molecular formula is C13H19N3O2S. The molecule has 0 spiro atoms. The predicted octanol–water partition coefficient (Wildman–Crippen LogP) is 2.06. The number of hydrogen-bond acceptors (Lipinski definition) is 5. The molecule has 0 bridgehead atoms. The van der Waals surface area contributed by atoms with Gasteiger partial charge in [-0.15, -0.1) is 11.3 Å². The highest BCUT2D eigenvalue weighted by molar-refractivity contribution is 7.15. The van der Waals surface area contributed by atoms with Crippen LogP contribution in [0.3, 0.4) is 0 Å². The molecule has 0 amide bonds. The lowest BCUT2D eigenvalue weighted by Crippen LogP contribution is -2.20. The zero-order valence-electron chi connectivity index (χ0n) is 11.1. The number of hydrogen-bond donors (Lipinski definition) is 1. The number of imidazole rings is 1. The van der Waals surface area contributed by atoms with Crippen LogP contribution in [0.4, 0.5) is 0 Å². The van der Waals surface area contributed by atoms with Crippen LogP contribution in [-0.4, -0.2) is 35.8 Å². The molecule has 2 aromatic rings. The summed E-state index contributed by atoms with van der Waals surface area (Å²) in [5.41, 5.74) is 1.09. The van der Waals surface area contributed by atoms with Gasteiger partial charge in [0.15, 0.2) is 4.96 Å². The quantitative estimate of drug-likeness (QED) is 0.823. The summed E-state index contributed by atoms with van der Waals surface area (Å²) in [6.07, 6.45) is 5.96. The first-order chi connectivity index (χ1) is 9.38. The molecule has 1 atom stereocenters. The van der Waals surface area contributed by atoms with Gasteiger partial charge in [0.05, 0.1) is 13.2 Å². The summed E-state index contributed by atoms with van der Waals surface area (Å²) in [7, 11) is 1.67. The maximum Gasteiger partial charge on any atom is 0.237 e. The minimum atomic E-state index is 0.445. The molecule has 0 aromatic carbocycles. The molecule has 1 saturated heterocycles. The molecule has 0 aliphatic carbocycles. The molecule has 3 heterocycles. The second-order valence-corrected chi connectivity index (χ2v) is 5.60. The summed E-state index contributed by atoms with van der Waals surface area (Å²) in [5, 5.41) is 5.49. The second kappa shape index (κ2) is 5.90. The van der Waals surface area contributed by atoms with Gasteiger partial charge in [0, 0.05) is 24.7 Å². The van der Waals surface area contributed by atoms with E-state index in [4.69, 9.17) is 9.47 Å². The number of ether oxygens (including phenoxy) is 2. The first kappa shape index (κ1) is 12.9. The second-order valence-electron chi connectivity index (χ2n) is 4.72. The molecule has 2 aromatic heterocycles. The molecule has 0 saturated carbocycles. The number of methoxy groups -OCH3 is 1. The Hall–Kier alpha value is -1.11. The average molecular weight is 281 g/mol. The van der Waals surface area contributed by atoms with Gasteiger partial charge in [-0.3, -0.25) is 4.40 Å². The third-order valence-electron chi connectivity index (χ3n) is 3.48. The number of thiazole rings is 1. The number of nitrogens with one attached hydrogen (secondary N) is 1. The monoisotopic (exact) mass is 281 g/mol. The molecule has 3 rings (SSSR count). The molecule has 1 aliphatic heterocycles. The first-order valence-corrected chi connectivity index (χ1v) is 7.57. The largest absolute Gasteiger partial charge is 0.480 e. The summed E-state index contributed by atoms with van der Waals surface area (Å²) in [6, 6.07) is 0. The Balaban J connectivity index is 1.56. The topological polar surface area (TPSA) is 47.8 Å². The Labute approximate surface area is 116 Å². The Bertz CT molecular complexity index is 531. The van der Waals surface area contributed by atoms with Gasteiger partial charge in [0.25, 0.3) is 0 Å². The molecular weight excluding hydrogens is 262 g/mol. The Kier molecular flexibility index (Phi) is 4.00. The van der Waals surface area contributed by atoms with Crippen molar-refractivity contribution in [3.05, 3.63) is 17.3 Å². The molecule has 1 aliphatic rings. The van der Waals surface area contributed by atoms with E-state index in [2.05, 4.69) is 14.7 Å². The van der Waals surface area contributed by atoms with Gasteiger partial charge in [0.1, 0.15) is 5.69 Å². The number of nitrogens with zero attached hydrogens (tertiary/aromatic N) is 2. The molecule has 1 fully saturated rings. The van der Waals surface area contributed by atoms with Crippen molar-refractivity contribution in [1.29, 1.82) is 0 Å². The van der Waals surface area contributed by atoms with E-state index in [1.165, 1.54) is 12.8 Å².